The molecule has 2 unspecified atom stereocenters. The van der Waals surface area contributed by atoms with E-state index in [1.807, 2.05) is 0 Å². The number of aryl methyl sites for hydroxylation is 1. The van der Waals surface area contributed by atoms with Crippen LogP contribution in [0.3, 0.4) is 0 Å². The number of alkyl halides is 1. The Kier molecular flexibility index (Phi) is 4.10. The second-order valence-electron chi connectivity index (χ2n) is 3.98. The second kappa shape index (κ2) is 5.17. The minimum atomic E-state index is 0.111. The summed E-state index contributed by atoms with van der Waals surface area (Å²) in [6.45, 7) is 3.81. The average Bonchev–Trinajstić information content (AvgIpc) is 2.59. The van der Waals surface area contributed by atoms with Gasteiger partial charge < -0.3 is 4.74 Å². The summed E-state index contributed by atoms with van der Waals surface area (Å²) in [5, 5.41) is 0.111. The first-order chi connectivity index (χ1) is 7.18. The zero-order chi connectivity index (χ0) is 10.8. The fourth-order valence-electron chi connectivity index (χ4n) is 1.85. The molecule has 0 saturated carbocycles. The van der Waals surface area contributed by atoms with Crippen molar-refractivity contribution in [3.05, 3.63) is 20.3 Å². The van der Waals surface area contributed by atoms with Gasteiger partial charge in [-0.2, -0.15) is 0 Å². The number of rotatable bonds is 2. The van der Waals surface area contributed by atoms with Gasteiger partial charge in [0.2, 0.25) is 0 Å². The van der Waals surface area contributed by atoms with Gasteiger partial charge in [0, 0.05) is 17.4 Å². The molecule has 0 aliphatic carbocycles. The van der Waals surface area contributed by atoms with Crippen molar-refractivity contribution in [2.24, 2.45) is 5.92 Å². The number of ether oxygens (including phenoxy) is 1. The van der Waals surface area contributed by atoms with Crippen LogP contribution in [0.5, 0.6) is 0 Å². The normalized spacial score (nSPS) is 24.1. The summed E-state index contributed by atoms with van der Waals surface area (Å²) in [5.41, 5.74) is 1.28. The minimum absolute atomic E-state index is 0.111. The van der Waals surface area contributed by atoms with Crippen LogP contribution in [0.1, 0.15) is 28.7 Å². The summed E-state index contributed by atoms with van der Waals surface area (Å²) in [4.78, 5) is 1.26. The molecular weight excluding hydrogens is 296 g/mol. The summed E-state index contributed by atoms with van der Waals surface area (Å²) >= 11 is 11.8. The lowest BCUT2D eigenvalue weighted by Gasteiger charge is -2.25. The maximum atomic E-state index is 6.48. The third-order valence-corrected chi connectivity index (χ3v) is 5.70. The molecule has 1 fully saturated rings. The largest absolute Gasteiger partial charge is 0.381 e. The molecule has 2 atom stereocenters. The number of hydrogen-bond donors (Lipinski definition) is 0. The van der Waals surface area contributed by atoms with Crippen molar-refractivity contribution >= 4 is 38.9 Å². The first-order valence-electron chi connectivity index (χ1n) is 5.16. The van der Waals surface area contributed by atoms with Crippen LogP contribution in [-0.4, -0.2) is 13.2 Å². The SMILES string of the molecule is Cc1cc(C(Cl)C2CCCOC2)sc1Br. The predicted molar refractivity (Wildman–Crippen MR) is 68.9 cm³/mol. The Morgan fingerprint density at radius 3 is 3.00 bits per heavy atom. The van der Waals surface area contributed by atoms with E-state index in [1.54, 1.807) is 11.3 Å². The summed E-state index contributed by atoms with van der Waals surface area (Å²) in [6, 6.07) is 2.18. The van der Waals surface area contributed by atoms with E-state index >= 15 is 0 Å². The second-order valence-corrected chi connectivity index (χ2v) is 6.86. The molecule has 84 valence electrons. The molecule has 0 N–H and O–H groups in total. The fraction of sp³-hybridized carbons (Fsp3) is 0.636. The molecular formula is C11H14BrClOS. The Morgan fingerprint density at radius 2 is 2.47 bits per heavy atom. The van der Waals surface area contributed by atoms with Gasteiger partial charge in [0.25, 0.3) is 0 Å². The maximum absolute atomic E-state index is 6.48. The van der Waals surface area contributed by atoms with Crippen LogP contribution in [0.25, 0.3) is 0 Å². The lowest BCUT2D eigenvalue weighted by atomic mass is 9.97. The number of thiophene rings is 1. The van der Waals surface area contributed by atoms with E-state index in [0.717, 1.165) is 19.6 Å². The van der Waals surface area contributed by atoms with Crippen molar-refractivity contribution in [2.45, 2.75) is 25.1 Å². The van der Waals surface area contributed by atoms with Crippen molar-refractivity contribution in [3.63, 3.8) is 0 Å². The van der Waals surface area contributed by atoms with Crippen molar-refractivity contribution in [2.75, 3.05) is 13.2 Å². The summed E-state index contributed by atoms with van der Waals surface area (Å²) in [5.74, 6) is 0.477. The summed E-state index contributed by atoms with van der Waals surface area (Å²) < 4.78 is 6.66. The van der Waals surface area contributed by atoms with Crippen LogP contribution in [0, 0.1) is 12.8 Å². The van der Waals surface area contributed by atoms with Gasteiger partial charge in [-0.05, 0) is 47.3 Å². The molecule has 0 bridgehead atoms. The summed E-state index contributed by atoms with van der Waals surface area (Å²) in [7, 11) is 0. The Hall–Kier alpha value is 0.430. The van der Waals surface area contributed by atoms with E-state index in [9.17, 15) is 0 Å². The quantitative estimate of drug-likeness (QED) is 0.730. The zero-order valence-electron chi connectivity index (χ0n) is 8.63. The molecule has 2 rings (SSSR count). The highest BCUT2D eigenvalue weighted by molar-refractivity contribution is 9.11. The van der Waals surface area contributed by atoms with Gasteiger partial charge in [-0.3, -0.25) is 0 Å². The van der Waals surface area contributed by atoms with E-state index in [-0.39, 0.29) is 5.38 Å². The fourth-order valence-corrected chi connectivity index (χ4v) is 3.89. The first-order valence-corrected chi connectivity index (χ1v) is 7.20. The van der Waals surface area contributed by atoms with Crippen LogP contribution in [0.4, 0.5) is 0 Å². The third kappa shape index (κ3) is 2.76. The Balaban J connectivity index is 2.08. The highest BCUT2D eigenvalue weighted by Gasteiger charge is 2.25. The van der Waals surface area contributed by atoms with Crippen LogP contribution in [0.2, 0.25) is 0 Å². The van der Waals surface area contributed by atoms with Crippen molar-refractivity contribution in [1.29, 1.82) is 0 Å². The van der Waals surface area contributed by atoms with Crippen molar-refractivity contribution < 1.29 is 4.74 Å². The van der Waals surface area contributed by atoms with Gasteiger partial charge in [-0.25, -0.2) is 0 Å². The van der Waals surface area contributed by atoms with Gasteiger partial charge in [-0.15, -0.1) is 22.9 Å². The zero-order valence-corrected chi connectivity index (χ0v) is 11.8. The molecule has 4 heteroatoms. The predicted octanol–water partition coefficient (Wildman–Crippen LogP) is 4.53. The molecule has 1 nitrogen and oxygen atoms in total. The van der Waals surface area contributed by atoms with E-state index in [2.05, 4.69) is 28.9 Å². The lowest BCUT2D eigenvalue weighted by Crippen LogP contribution is -2.20. The van der Waals surface area contributed by atoms with E-state index in [0.29, 0.717) is 5.92 Å². The van der Waals surface area contributed by atoms with Crippen LogP contribution in [-0.2, 0) is 4.74 Å². The van der Waals surface area contributed by atoms with Gasteiger partial charge >= 0.3 is 0 Å². The highest BCUT2D eigenvalue weighted by Crippen LogP contribution is 2.40. The first kappa shape index (κ1) is 11.9. The maximum Gasteiger partial charge on any atom is 0.0731 e. The topological polar surface area (TPSA) is 9.23 Å². The Labute approximate surface area is 108 Å². The van der Waals surface area contributed by atoms with E-state index in [4.69, 9.17) is 16.3 Å². The Bertz CT molecular complexity index is 314. The molecule has 15 heavy (non-hydrogen) atoms. The average molecular weight is 310 g/mol. The molecule has 1 aliphatic heterocycles. The van der Waals surface area contributed by atoms with Crippen LogP contribution >= 0.6 is 38.9 Å². The van der Waals surface area contributed by atoms with Gasteiger partial charge in [0.05, 0.1) is 15.8 Å². The summed E-state index contributed by atoms with van der Waals surface area (Å²) in [6.07, 6.45) is 2.32. The van der Waals surface area contributed by atoms with Crippen molar-refractivity contribution in [1.82, 2.24) is 0 Å². The Morgan fingerprint density at radius 1 is 1.67 bits per heavy atom. The van der Waals surface area contributed by atoms with E-state index in [1.165, 1.54) is 20.6 Å². The molecule has 2 heterocycles. The van der Waals surface area contributed by atoms with Gasteiger partial charge in [-0.1, -0.05) is 0 Å². The smallest absolute Gasteiger partial charge is 0.0731 e. The number of halogens is 2. The molecule has 0 radical (unpaired) electrons. The monoisotopic (exact) mass is 308 g/mol. The molecule has 1 aromatic rings. The van der Waals surface area contributed by atoms with Crippen LogP contribution in [0.15, 0.2) is 9.85 Å². The standard InChI is InChI=1S/C11H14BrClOS/c1-7-5-9(15-11(7)12)10(13)8-3-2-4-14-6-8/h5,8,10H,2-4,6H2,1H3. The van der Waals surface area contributed by atoms with E-state index < -0.39 is 0 Å². The molecule has 1 saturated heterocycles. The molecule has 1 aliphatic rings. The highest BCUT2D eigenvalue weighted by atomic mass is 79.9. The lowest BCUT2D eigenvalue weighted by molar-refractivity contribution is 0.0534. The molecule has 0 spiro atoms. The van der Waals surface area contributed by atoms with Crippen LogP contribution < -0.4 is 0 Å². The molecule has 1 aromatic heterocycles. The van der Waals surface area contributed by atoms with Crippen molar-refractivity contribution in [3.8, 4) is 0 Å². The van der Waals surface area contributed by atoms with Gasteiger partial charge in [0.1, 0.15) is 0 Å². The molecule has 0 amide bonds. The third-order valence-electron chi connectivity index (χ3n) is 2.76. The number of hydrogen-bond acceptors (Lipinski definition) is 2. The minimum Gasteiger partial charge on any atom is -0.381 e. The molecule has 0 aromatic carbocycles. The van der Waals surface area contributed by atoms with Gasteiger partial charge in [0.15, 0.2) is 0 Å².